The van der Waals surface area contributed by atoms with Crippen molar-refractivity contribution in [3.63, 3.8) is 0 Å². The van der Waals surface area contributed by atoms with Gasteiger partial charge in [0.15, 0.2) is 0 Å². The van der Waals surface area contributed by atoms with Crippen molar-refractivity contribution in [3.8, 4) is 0 Å². The minimum absolute atomic E-state index is 0.453. The lowest BCUT2D eigenvalue weighted by molar-refractivity contribution is 0.457. The lowest BCUT2D eigenvalue weighted by Gasteiger charge is -2.10. The summed E-state index contributed by atoms with van der Waals surface area (Å²) in [4.78, 5) is 4.42. The Labute approximate surface area is 104 Å². The first-order valence-corrected chi connectivity index (χ1v) is 6.70. The van der Waals surface area contributed by atoms with Crippen molar-refractivity contribution in [2.75, 3.05) is 5.32 Å². The molecule has 0 aliphatic heterocycles. The van der Waals surface area contributed by atoms with Crippen molar-refractivity contribution in [3.05, 3.63) is 12.4 Å². The predicted octanol–water partition coefficient (Wildman–Crippen LogP) is 3.14. The van der Waals surface area contributed by atoms with Gasteiger partial charge in [0.2, 0.25) is 5.95 Å². The minimum atomic E-state index is 0.453. The highest BCUT2D eigenvalue weighted by atomic mass is 15.2. The maximum absolute atomic E-state index is 4.42. The molecular formula is C14H23N3. The van der Waals surface area contributed by atoms with Crippen LogP contribution in [0.15, 0.2) is 12.4 Å². The molecule has 0 aromatic carbocycles. The molecule has 1 heterocycles. The van der Waals surface area contributed by atoms with Crippen LogP contribution in [-0.4, -0.2) is 15.6 Å². The van der Waals surface area contributed by atoms with E-state index in [1.807, 2.05) is 6.20 Å². The third-order valence-electron chi connectivity index (χ3n) is 5.32. The summed E-state index contributed by atoms with van der Waals surface area (Å²) in [6.07, 6.45) is 6.61. The number of imidazole rings is 1. The fraction of sp³-hybridized carbons (Fsp3) is 0.786. The molecule has 0 bridgehead atoms. The molecule has 2 aliphatic rings. The molecule has 1 aromatic rings. The maximum atomic E-state index is 4.42. The van der Waals surface area contributed by atoms with Crippen molar-refractivity contribution in [2.45, 2.75) is 53.1 Å². The van der Waals surface area contributed by atoms with Gasteiger partial charge in [0.1, 0.15) is 0 Å². The second kappa shape index (κ2) is 3.27. The molecule has 0 saturated heterocycles. The van der Waals surface area contributed by atoms with Gasteiger partial charge in [-0.05, 0) is 29.6 Å². The van der Waals surface area contributed by atoms with Gasteiger partial charge in [-0.15, -0.1) is 0 Å². The summed E-state index contributed by atoms with van der Waals surface area (Å²) in [6.45, 7) is 10.6. The number of rotatable bonds is 4. The monoisotopic (exact) mass is 233 g/mol. The van der Waals surface area contributed by atoms with Crippen LogP contribution in [0.4, 0.5) is 5.95 Å². The fourth-order valence-electron chi connectivity index (χ4n) is 2.99. The van der Waals surface area contributed by atoms with Crippen LogP contribution < -0.4 is 5.32 Å². The average Bonchev–Trinajstić information content (AvgIpc) is 3.02. The molecule has 0 atom stereocenters. The second-order valence-electron chi connectivity index (χ2n) is 6.82. The fourth-order valence-corrected chi connectivity index (χ4v) is 2.99. The van der Waals surface area contributed by atoms with Crippen LogP contribution in [0.1, 0.15) is 40.5 Å². The predicted molar refractivity (Wildman–Crippen MR) is 69.9 cm³/mol. The van der Waals surface area contributed by atoms with Crippen LogP contribution >= 0.6 is 0 Å². The Kier molecular flexibility index (Phi) is 2.14. The highest BCUT2D eigenvalue weighted by molar-refractivity contribution is 5.30. The van der Waals surface area contributed by atoms with Crippen molar-refractivity contribution in [1.82, 2.24) is 9.55 Å². The van der Waals surface area contributed by atoms with E-state index in [1.165, 1.54) is 12.8 Å². The molecule has 0 spiro atoms. The molecule has 2 fully saturated rings. The Bertz CT molecular complexity index is 412. The number of hydrogen-bond acceptors (Lipinski definition) is 2. The first-order valence-electron chi connectivity index (χ1n) is 6.70. The molecule has 0 unspecified atom stereocenters. The summed E-state index contributed by atoms with van der Waals surface area (Å²) >= 11 is 0. The topological polar surface area (TPSA) is 29.9 Å². The zero-order chi connectivity index (χ0) is 12.3. The van der Waals surface area contributed by atoms with Gasteiger partial charge in [-0.2, -0.15) is 0 Å². The molecule has 3 rings (SSSR count). The first-order chi connectivity index (χ1) is 7.93. The van der Waals surface area contributed by atoms with E-state index < -0.39 is 0 Å². The highest BCUT2D eigenvalue weighted by Gasteiger charge is 2.64. The van der Waals surface area contributed by atoms with Crippen molar-refractivity contribution in [1.29, 1.82) is 0 Å². The Hall–Kier alpha value is -0.990. The molecule has 17 heavy (non-hydrogen) atoms. The largest absolute Gasteiger partial charge is 0.353 e. The Balaban J connectivity index is 1.71. The first kappa shape index (κ1) is 11.1. The third kappa shape index (κ3) is 1.67. The van der Waals surface area contributed by atoms with Crippen molar-refractivity contribution < 1.29 is 0 Å². The van der Waals surface area contributed by atoms with E-state index in [0.29, 0.717) is 16.9 Å². The summed E-state index contributed by atoms with van der Waals surface area (Å²) in [6, 6.07) is 0.677. The molecule has 2 saturated carbocycles. The van der Waals surface area contributed by atoms with Crippen LogP contribution in [0.3, 0.4) is 0 Å². The molecule has 2 aliphatic carbocycles. The van der Waals surface area contributed by atoms with E-state index in [1.54, 1.807) is 0 Å². The van der Waals surface area contributed by atoms with Crippen LogP contribution in [0, 0.1) is 16.7 Å². The lowest BCUT2D eigenvalue weighted by Crippen LogP contribution is -2.11. The van der Waals surface area contributed by atoms with Crippen LogP contribution in [0.25, 0.3) is 0 Å². The molecule has 3 heteroatoms. The van der Waals surface area contributed by atoms with E-state index >= 15 is 0 Å². The van der Waals surface area contributed by atoms with E-state index in [0.717, 1.165) is 18.4 Å². The lowest BCUT2D eigenvalue weighted by atomic mass is 10.0. The van der Waals surface area contributed by atoms with Crippen LogP contribution in [0.5, 0.6) is 0 Å². The standard InChI is InChI=1S/C14H23N3/c1-13(2)11(14(13,3)4)9-17-8-7-15-12(17)16-10-5-6-10/h7-8,10-11H,5-6,9H2,1-4H3,(H,15,16). The van der Waals surface area contributed by atoms with Gasteiger partial charge in [-0.1, -0.05) is 27.7 Å². The van der Waals surface area contributed by atoms with Gasteiger partial charge >= 0.3 is 0 Å². The third-order valence-corrected chi connectivity index (χ3v) is 5.32. The summed E-state index contributed by atoms with van der Waals surface area (Å²) < 4.78 is 2.29. The zero-order valence-corrected chi connectivity index (χ0v) is 11.3. The molecule has 1 aromatic heterocycles. The quantitative estimate of drug-likeness (QED) is 0.866. The highest BCUT2D eigenvalue weighted by Crippen LogP contribution is 2.68. The van der Waals surface area contributed by atoms with Gasteiger partial charge in [-0.25, -0.2) is 4.98 Å². The molecule has 0 amide bonds. The average molecular weight is 233 g/mol. The van der Waals surface area contributed by atoms with Gasteiger partial charge in [0.05, 0.1) is 0 Å². The van der Waals surface area contributed by atoms with Gasteiger partial charge in [0, 0.05) is 25.0 Å². The van der Waals surface area contributed by atoms with Gasteiger partial charge in [0.25, 0.3) is 0 Å². The minimum Gasteiger partial charge on any atom is -0.353 e. The number of hydrogen-bond donors (Lipinski definition) is 1. The second-order valence-corrected chi connectivity index (χ2v) is 6.82. The molecular weight excluding hydrogens is 210 g/mol. The number of anilines is 1. The van der Waals surface area contributed by atoms with E-state index in [9.17, 15) is 0 Å². The van der Waals surface area contributed by atoms with E-state index in [-0.39, 0.29) is 0 Å². The smallest absolute Gasteiger partial charge is 0.202 e. The summed E-state index contributed by atoms with van der Waals surface area (Å²) in [5.41, 5.74) is 0.905. The Morgan fingerprint density at radius 2 is 1.94 bits per heavy atom. The summed E-state index contributed by atoms with van der Waals surface area (Å²) in [5, 5.41) is 3.50. The van der Waals surface area contributed by atoms with Crippen molar-refractivity contribution >= 4 is 5.95 Å². The summed E-state index contributed by atoms with van der Waals surface area (Å²) in [7, 11) is 0. The normalized spacial score (nSPS) is 25.9. The zero-order valence-electron chi connectivity index (χ0n) is 11.3. The number of nitrogens with zero attached hydrogens (tertiary/aromatic N) is 2. The molecule has 0 radical (unpaired) electrons. The number of nitrogens with one attached hydrogen (secondary N) is 1. The Morgan fingerprint density at radius 1 is 1.29 bits per heavy atom. The van der Waals surface area contributed by atoms with E-state index in [4.69, 9.17) is 0 Å². The van der Waals surface area contributed by atoms with Crippen LogP contribution in [-0.2, 0) is 6.54 Å². The van der Waals surface area contributed by atoms with E-state index in [2.05, 4.69) is 48.8 Å². The van der Waals surface area contributed by atoms with Crippen molar-refractivity contribution in [2.24, 2.45) is 16.7 Å². The number of aromatic nitrogens is 2. The maximum Gasteiger partial charge on any atom is 0.202 e. The molecule has 3 nitrogen and oxygen atoms in total. The summed E-state index contributed by atoms with van der Waals surface area (Å²) in [5.74, 6) is 1.81. The van der Waals surface area contributed by atoms with Gasteiger partial charge in [-0.3, -0.25) is 0 Å². The van der Waals surface area contributed by atoms with Crippen LogP contribution in [0.2, 0.25) is 0 Å². The Morgan fingerprint density at radius 3 is 2.47 bits per heavy atom. The molecule has 1 N–H and O–H groups in total. The van der Waals surface area contributed by atoms with Gasteiger partial charge < -0.3 is 9.88 Å². The molecule has 94 valence electrons. The SMILES string of the molecule is CC1(C)C(Cn2ccnc2NC2CC2)C1(C)C.